The molecule has 3 N–H and O–H groups in total. The highest BCUT2D eigenvalue weighted by Crippen LogP contribution is 2.24. The van der Waals surface area contributed by atoms with Gasteiger partial charge in [-0.15, -0.1) is 0 Å². The van der Waals surface area contributed by atoms with E-state index in [4.69, 9.17) is 5.73 Å². The molecule has 0 heterocycles. The number of anilines is 2. The second-order valence-corrected chi connectivity index (χ2v) is 5.32. The van der Waals surface area contributed by atoms with Gasteiger partial charge in [0.1, 0.15) is 0 Å². The second kappa shape index (κ2) is 5.25. The molecule has 2 atom stereocenters. The summed E-state index contributed by atoms with van der Waals surface area (Å²) in [5.41, 5.74) is 5.57. The minimum absolute atomic E-state index is 0.0719. The molecule has 0 aliphatic heterocycles. The Labute approximate surface area is 95.5 Å². The van der Waals surface area contributed by atoms with Crippen LogP contribution in [-0.4, -0.2) is 22.3 Å². The third-order valence-corrected chi connectivity index (χ3v) is 3.56. The van der Waals surface area contributed by atoms with Crippen molar-refractivity contribution in [2.75, 3.05) is 23.9 Å². The lowest BCUT2D eigenvalue weighted by molar-refractivity contribution is 0.511. The molecule has 6 heteroatoms. The third-order valence-electron chi connectivity index (χ3n) is 2.26. The number of halogens is 2. The Balaban J connectivity index is 2.81. The molecule has 16 heavy (non-hydrogen) atoms. The summed E-state index contributed by atoms with van der Waals surface area (Å²) in [5, 5.41) is 2.51. The highest BCUT2D eigenvalue weighted by atomic mass is 32.2. The molecule has 1 aromatic rings. The minimum Gasteiger partial charge on any atom is -0.397 e. The molecule has 0 aromatic heterocycles. The molecule has 2 unspecified atom stereocenters. The minimum atomic E-state index is -1.02. The van der Waals surface area contributed by atoms with Gasteiger partial charge in [-0.05, 0) is 19.1 Å². The van der Waals surface area contributed by atoms with Gasteiger partial charge in [-0.3, -0.25) is 4.21 Å². The van der Waals surface area contributed by atoms with Gasteiger partial charge in [-0.25, -0.2) is 8.78 Å². The lowest BCUT2D eigenvalue weighted by atomic mass is 10.2. The third kappa shape index (κ3) is 2.91. The second-order valence-electron chi connectivity index (χ2n) is 3.52. The van der Waals surface area contributed by atoms with Gasteiger partial charge in [0.15, 0.2) is 11.6 Å². The lowest BCUT2D eigenvalue weighted by Gasteiger charge is -2.13. The van der Waals surface area contributed by atoms with E-state index >= 15 is 0 Å². The molecule has 0 spiro atoms. The number of rotatable bonds is 4. The first-order valence-electron chi connectivity index (χ1n) is 4.73. The number of nitrogens with two attached hydrogens (primary N) is 1. The van der Waals surface area contributed by atoms with Crippen molar-refractivity contribution in [3.8, 4) is 0 Å². The van der Waals surface area contributed by atoms with Crippen LogP contribution in [0.3, 0.4) is 0 Å². The molecule has 90 valence electrons. The Hall–Kier alpha value is -1.17. The van der Waals surface area contributed by atoms with Crippen LogP contribution in [-0.2, 0) is 10.8 Å². The van der Waals surface area contributed by atoms with Crippen LogP contribution in [0.5, 0.6) is 0 Å². The maximum absolute atomic E-state index is 13.3. The first-order chi connectivity index (χ1) is 7.43. The van der Waals surface area contributed by atoms with E-state index in [9.17, 15) is 13.0 Å². The smallest absolute Gasteiger partial charge is 0.183 e. The summed E-state index contributed by atoms with van der Waals surface area (Å²) in [6, 6.07) is 2.26. The molecule has 0 bridgehead atoms. The molecule has 0 aliphatic rings. The molecule has 0 radical (unpaired) electrons. The molecule has 0 fully saturated rings. The van der Waals surface area contributed by atoms with E-state index < -0.39 is 22.4 Å². The first kappa shape index (κ1) is 12.9. The van der Waals surface area contributed by atoms with Crippen molar-refractivity contribution < 1.29 is 13.0 Å². The largest absolute Gasteiger partial charge is 0.397 e. The normalized spacial score (nSPS) is 14.5. The Bertz CT molecular complexity index is 412. The zero-order chi connectivity index (χ0) is 12.3. The van der Waals surface area contributed by atoms with Crippen molar-refractivity contribution in [3.05, 3.63) is 23.8 Å². The molecule has 0 aliphatic carbocycles. The van der Waals surface area contributed by atoms with Gasteiger partial charge in [-0.2, -0.15) is 0 Å². The van der Waals surface area contributed by atoms with Crippen molar-refractivity contribution in [1.82, 2.24) is 0 Å². The predicted octanol–water partition coefficient (Wildman–Crippen LogP) is 1.73. The van der Waals surface area contributed by atoms with E-state index in [1.807, 2.05) is 0 Å². The van der Waals surface area contributed by atoms with Crippen molar-refractivity contribution in [2.45, 2.75) is 12.2 Å². The quantitative estimate of drug-likeness (QED) is 0.798. The summed E-state index contributed by atoms with van der Waals surface area (Å²) in [7, 11) is -1.02. The van der Waals surface area contributed by atoms with E-state index in [0.29, 0.717) is 0 Å². The summed E-state index contributed by atoms with van der Waals surface area (Å²) in [5.74, 6) is -1.96. The van der Waals surface area contributed by atoms with Crippen LogP contribution in [0.1, 0.15) is 6.92 Å². The number of nitrogen functional groups attached to an aromatic ring is 1. The molecular formula is C10H14F2N2OS. The van der Waals surface area contributed by atoms with E-state index in [1.54, 1.807) is 13.2 Å². The predicted molar refractivity (Wildman–Crippen MR) is 62.8 cm³/mol. The van der Waals surface area contributed by atoms with Crippen LogP contribution in [0.25, 0.3) is 0 Å². The topological polar surface area (TPSA) is 55.1 Å². The highest BCUT2D eigenvalue weighted by molar-refractivity contribution is 7.84. The molecule has 0 saturated heterocycles. The zero-order valence-corrected chi connectivity index (χ0v) is 9.91. The van der Waals surface area contributed by atoms with E-state index in [2.05, 4.69) is 5.32 Å². The maximum atomic E-state index is 13.3. The number of nitrogens with one attached hydrogen (secondary N) is 1. The molecule has 0 amide bonds. The van der Waals surface area contributed by atoms with Gasteiger partial charge >= 0.3 is 0 Å². The maximum Gasteiger partial charge on any atom is 0.183 e. The van der Waals surface area contributed by atoms with Crippen LogP contribution >= 0.6 is 0 Å². The van der Waals surface area contributed by atoms with Gasteiger partial charge in [0.05, 0.1) is 11.4 Å². The SMILES string of the molecule is CC(CNc1c(N)ccc(F)c1F)S(C)=O. The van der Waals surface area contributed by atoms with Gasteiger partial charge < -0.3 is 11.1 Å². The van der Waals surface area contributed by atoms with Crippen LogP contribution in [0.4, 0.5) is 20.2 Å². The van der Waals surface area contributed by atoms with Crippen LogP contribution in [0.15, 0.2) is 12.1 Å². The van der Waals surface area contributed by atoms with Crippen LogP contribution in [0, 0.1) is 11.6 Å². The van der Waals surface area contributed by atoms with Gasteiger partial charge in [0.25, 0.3) is 0 Å². The van der Waals surface area contributed by atoms with E-state index in [0.717, 1.165) is 6.07 Å². The highest BCUT2D eigenvalue weighted by Gasteiger charge is 2.13. The Morgan fingerprint density at radius 2 is 2.12 bits per heavy atom. The molecule has 1 aromatic carbocycles. The molecule has 1 rings (SSSR count). The summed E-state index contributed by atoms with van der Waals surface area (Å²) in [6.45, 7) is 2.02. The standard InChI is InChI=1S/C10H14F2N2OS/c1-6(16(2)15)5-14-10-8(13)4-3-7(11)9(10)12/h3-4,6,14H,5,13H2,1-2H3. The van der Waals surface area contributed by atoms with E-state index in [-0.39, 0.29) is 23.2 Å². The average molecular weight is 248 g/mol. The van der Waals surface area contributed by atoms with Crippen LogP contribution < -0.4 is 11.1 Å². The summed E-state index contributed by atoms with van der Waals surface area (Å²) >= 11 is 0. The van der Waals surface area contributed by atoms with Crippen molar-refractivity contribution in [2.24, 2.45) is 0 Å². The van der Waals surface area contributed by atoms with Crippen molar-refractivity contribution >= 4 is 22.2 Å². The van der Waals surface area contributed by atoms with Crippen molar-refractivity contribution in [3.63, 3.8) is 0 Å². The Kier molecular flexibility index (Phi) is 4.23. The summed E-state index contributed by atoms with van der Waals surface area (Å²) in [6.07, 6.45) is 1.55. The zero-order valence-electron chi connectivity index (χ0n) is 9.09. The number of benzene rings is 1. The van der Waals surface area contributed by atoms with E-state index in [1.165, 1.54) is 6.07 Å². The first-order valence-corrected chi connectivity index (χ1v) is 6.35. The monoisotopic (exact) mass is 248 g/mol. The molecule has 0 saturated carbocycles. The van der Waals surface area contributed by atoms with Gasteiger partial charge in [0.2, 0.25) is 0 Å². The van der Waals surface area contributed by atoms with Crippen molar-refractivity contribution in [1.29, 1.82) is 0 Å². The Morgan fingerprint density at radius 1 is 1.50 bits per heavy atom. The fourth-order valence-corrected chi connectivity index (χ4v) is 1.43. The summed E-state index contributed by atoms with van der Waals surface area (Å²) < 4.78 is 37.3. The summed E-state index contributed by atoms with van der Waals surface area (Å²) in [4.78, 5) is 0. The lowest BCUT2D eigenvalue weighted by Crippen LogP contribution is -2.21. The number of hydrogen-bond donors (Lipinski definition) is 2. The van der Waals surface area contributed by atoms with Gasteiger partial charge in [-0.1, -0.05) is 0 Å². The van der Waals surface area contributed by atoms with Crippen LogP contribution in [0.2, 0.25) is 0 Å². The average Bonchev–Trinajstić information content (AvgIpc) is 2.23. The van der Waals surface area contributed by atoms with Gasteiger partial charge in [0, 0.05) is 28.9 Å². The Morgan fingerprint density at radius 3 is 2.69 bits per heavy atom. The fourth-order valence-electron chi connectivity index (χ4n) is 1.11. The number of hydrogen-bond acceptors (Lipinski definition) is 3. The molecule has 3 nitrogen and oxygen atoms in total. The molecular weight excluding hydrogens is 234 g/mol. The fraction of sp³-hybridized carbons (Fsp3) is 0.400.